The van der Waals surface area contributed by atoms with Crippen LogP contribution >= 0.6 is 11.3 Å². The van der Waals surface area contributed by atoms with Crippen LogP contribution in [0.1, 0.15) is 26.7 Å². The Morgan fingerprint density at radius 3 is 3.00 bits per heavy atom. The number of thiophene rings is 1. The summed E-state index contributed by atoms with van der Waals surface area (Å²) in [5, 5.41) is 1.78. The van der Waals surface area contributed by atoms with Gasteiger partial charge in [-0.2, -0.15) is 0 Å². The van der Waals surface area contributed by atoms with Gasteiger partial charge >= 0.3 is 0 Å². The first-order valence-corrected chi connectivity index (χ1v) is 9.12. The summed E-state index contributed by atoms with van der Waals surface area (Å²) >= 11 is 1.25. The summed E-state index contributed by atoms with van der Waals surface area (Å²) in [4.78, 5) is 2.38. The van der Waals surface area contributed by atoms with Crippen molar-refractivity contribution in [3.05, 3.63) is 17.5 Å². The molecule has 2 heterocycles. The van der Waals surface area contributed by atoms with Crippen LogP contribution in [0.3, 0.4) is 0 Å². The topological polar surface area (TPSA) is 49.4 Å². The van der Waals surface area contributed by atoms with Crippen LogP contribution in [0.25, 0.3) is 0 Å². The maximum absolute atomic E-state index is 12.0. The number of hydrogen-bond donors (Lipinski definition) is 1. The summed E-state index contributed by atoms with van der Waals surface area (Å²) in [6.45, 7) is 6.98. The van der Waals surface area contributed by atoms with Crippen molar-refractivity contribution in [3.8, 4) is 0 Å². The summed E-state index contributed by atoms with van der Waals surface area (Å²) in [7, 11) is -3.32. The number of rotatable bonds is 5. The van der Waals surface area contributed by atoms with Crippen molar-refractivity contribution in [2.75, 3.05) is 19.6 Å². The molecule has 0 aliphatic carbocycles. The average molecular weight is 302 g/mol. The monoisotopic (exact) mass is 302 g/mol. The molecule has 2 atom stereocenters. The van der Waals surface area contributed by atoms with Crippen LogP contribution < -0.4 is 4.72 Å². The molecule has 1 saturated heterocycles. The van der Waals surface area contributed by atoms with Crippen LogP contribution in [0, 0.1) is 5.92 Å². The second-order valence-corrected chi connectivity index (χ2v) is 8.32. The Morgan fingerprint density at radius 1 is 1.58 bits per heavy atom. The van der Waals surface area contributed by atoms with Gasteiger partial charge in [-0.3, -0.25) is 4.90 Å². The Bertz CT molecular complexity index is 485. The minimum Gasteiger partial charge on any atom is -0.299 e. The predicted octanol–water partition coefficient (Wildman–Crippen LogP) is 2.15. The van der Waals surface area contributed by atoms with E-state index in [4.69, 9.17) is 0 Å². The van der Waals surface area contributed by atoms with E-state index in [1.54, 1.807) is 17.5 Å². The van der Waals surface area contributed by atoms with Crippen molar-refractivity contribution in [3.63, 3.8) is 0 Å². The van der Waals surface area contributed by atoms with Gasteiger partial charge in [0.25, 0.3) is 0 Å². The average Bonchev–Trinajstić information content (AvgIpc) is 2.90. The number of sulfonamides is 1. The second kappa shape index (κ2) is 6.35. The normalized spacial score (nSPS) is 23.4. The van der Waals surface area contributed by atoms with E-state index in [0.29, 0.717) is 16.7 Å². The number of piperidine rings is 1. The molecule has 0 spiro atoms. The van der Waals surface area contributed by atoms with Gasteiger partial charge in [-0.05, 0) is 43.7 Å². The minimum absolute atomic E-state index is 0.248. The van der Waals surface area contributed by atoms with Crippen molar-refractivity contribution < 1.29 is 8.42 Å². The van der Waals surface area contributed by atoms with E-state index >= 15 is 0 Å². The molecule has 0 aromatic carbocycles. The highest BCUT2D eigenvalue weighted by Crippen LogP contribution is 2.18. The molecule has 0 amide bonds. The van der Waals surface area contributed by atoms with Gasteiger partial charge < -0.3 is 0 Å². The third kappa shape index (κ3) is 4.02. The third-order valence-corrected chi connectivity index (χ3v) is 6.46. The van der Waals surface area contributed by atoms with E-state index in [0.717, 1.165) is 13.1 Å². The van der Waals surface area contributed by atoms with Crippen molar-refractivity contribution >= 4 is 21.4 Å². The minimum atomic E-state index is -3.32. The van der Waals surface area contributed by atoms with Gasteiger partial charge in [0.1, 0.15) is 4.21 Å². The van der Waals surface area contributed by atoms with Crippen LogP contribution in [0.4, 0.5) is 0 Å². The molecule has 2 unspecified atom stereocenters. The third-order valence-electron chi connectivity index (χ3n) is 3.64. The summed E-state index contributed by atoms with van der Waals surface area (Å²) in [5.41, 5.74) is 0. The number of likely N-dealkylation sites (tertiary alicyclic amines) is 1. The number of nitrogens with zero attached hydrogens (tertiary/aromatic N) is 1. The fourth-order valence-electron chi connectivity index (χ4n) is 2.47. The highest BCUT2D eigenvalue weighted by molar-refractivity contribution is 7.91. The Labute approximate surface area is 119 Å². The zero-order valence-electron chi connectivity index (χ0n) is 11.5. The Kier molecular flexibility index (Phi) is 5.00. The highest BCUT2D eigenvalue weighted by Gasteiger charge is 2.23. The fraction of sp³-hybridized carbons (Fsp3) is 0.692. The molecule has 1 N–H and O–H groups in total. The van der Waals surface area contributed by atoms with Gasteiger partial charge in [0.05, 0.1) is 0 Å². The van der Waals surface area contributed by atoms with Crippen LogP contribution in [0.5, 0.6) is 0 Å². The van der Waals surface area contributed by atoms with E-state index in [9.17, 15) is 8.42 Å². The largest absolute Gasteiger partial charge is 0.299 e. The summed E-state index contributed by atoms with van der Waals surface area (Å²) in [6.07, 6.45) is 2.49. The molecule has 1 aliphatic rings. The first-order valence-electron chi connectivity index (χ1n) is 6.76. The van der Waals surface area contributed by atoms with E-state index in [2.05, 4.69) is 23.5 Å². The van der Waals surface area contributed by atoms with Gasteiger partial charge in [-0.25, -0.2) is 13.1 Å². The molecule has 0 saturated carbocycles. The lowest BCUT2D eigenvalue weighted by Gasteiger charge is -2.35. The molecular formula is C13H22N2O2S2. The summed E-state index contributed by atoms with van der Waals surface area (Å²) < 4.78 is 27.2. The highest BCUT2D eigenvalue weighted by atomic mass is 32.2. The van der Waals surface area contributed by atoms with Crippen molar-refractivity contribution in [2.24, 2.45) is 5.92 Å². The first-order chi connectivity index (χ1) is 8.99. The van der Waals surface area contributed by atoms with Gasteiger partial charge in [0, 0.05) is 19.1 Å². The summed E-state index contributed by atoms with van der Waals surface area (Å²) in [6, 6.07) is 3.65. The maximum Gasteiger partial charge on any atom is 0.250 e. The zero-order chi connectivity index (χ0) is 13.9. The molecule has 19 heavy (non-hydrogen) atoms. The van der Waals surface area contributed by atoms with E-state index in [-0.39, 0.29) is 6.04 Å². The lowest BCUT2D eigenvalue weighted by Crippen LogP contribution is -2.46. The van der Waals surface area contributed by atoms with Crippen molar-refractivity contribution in [2.45, 2.75) is 36.9 Å². The quantitative estimate of drug-likeness (QED) is 0.906. The predicted molar refractivity (Wildman–Crippen MR) is 78.9 cm³/mol. The lowest BCUT2D eigenvalue weighted by molar-refractivity contribution is 0.140. The smallest absolute Gasteiger partial charge is 0.250 e. The van der Waals surface area contributed by atoms with E-state index < -0.39 is 10.0 Å². The Hall–Kier alpha value is -0.430. The molecule has 108 valence electrons. The molecule has 1 aromatic heterocycles. The zero-order valence-corrected chi connectivity index (χ0v) is 13.1. The molecule has 0 radical (unpaired) electrons. The maximum atomic E-state index is 12.0. The van der Waals surface area contributed by atoms with Crippen LogP contribution in [-0.2, 0) is 10.0 Å². The standard InChI is InChI=1S/C13H22N2O2S2/c1-11-5-3-7-15(10-11)12(2)9-14-19(16,17)13-6-4-8-18-13/h4,6,8,11-12,14H,3,5,7,9-10H2,1-2H3. The van der Waals surface area contributed by atoms with Crippen LogP contribution in [0.15, 0.2) is 21.7 Å². The molecule has 1 fully saturated rings. The number of nitrogens with one attached hydrogen (secondary N) is 1. The molecule has 4 nitrogen and oxygen atoms in total. The lowest BCUT2D eigenvalue weighted by atomic mass is 9.99. The summed E-state index contributed by atoms with van der Waals surface area (Å²) in [5.74, 6) is 0.713. The van der Waals surface area contributed by atoms with Gasteiger partial charge in [0.2, 0.25) is 10.0 Å². The van der Waals surface area contributed by atoms with Gasteiger partial charge in [-0.1, -0.05) is 13.0 Å². The Balaban J connectivity index is 1.88. The first kappa shape index (κ1) is 15.0. The fourth-order valence-corrected chi connectivity index (χ4v) is 4.63. The van der Waals surface area contributed by atoms with Crippen LogP contribution in [0.2, 0.25) is 0 Å². The number of hydrogen-bond acceptors (Lipinski definition) is 4. The molecule has 2 rings (SSSR count). The van der Waals surface area contributed by atoms with E-state index in [1.807, 2.05) is 0 Å². The molecule has 1 aromatic rings. The second-order valence-electron chi connectivity index (χ2n) is 5.38. The van der Waals surface area contributed by atoms with Crippen LogP contribution in [-0.4, -0.2) is 39.0 Å². The molecule has 6 heteroatoms. The van der Waals surface area contributed by atoms with E-state index in [1.165, 1.54) is 24.2 Å². The Morgan fingerprint density at radius 2 is 2.37 bits per heavy atom. The van der Waals surface area contributed by atoms with Gasteiger partial charge in [-0.15, -0.1) is 11.3 Å². The molecular weight excluding hydrogens is 280 g/mol. The molecule has 0 bridgehead atoms. The van der Waals surface area contributed by atoms with Crippen molar-refractivity contribution in [1.82, 2.24) is 9.62 Å². The van der Waals surface area contributed by atoms with Crippen molar-refractivity contribution in [1.29, 1.82) is 0 Å². The van der Waals surface area contributed by atoms with Gasteiger partial charge in [0.15, 0.2) is 0 Å². The molecule has 1 aliphatic heterocycles. The SMILES string of the molecule is CC1CCCN(C(C)CNS(=O)(=O)c2cccs2)C1.